The van der Waals surface area contributed by atoms with Crippen molar-refractivity contribution in [3.8, 4) is 23.5 Å². The second-order valence-corrected chi connectivity index (χ2v) is 22.8. The highest BCUT2D eigenvalue weighted by Crippen LogP contribution is 2.39. The molecule has 1 amide bonds. The van der Waals surface area contributed by atoms with Crippen LogP contribution < -0.4 is 38.5 Å². The second-order valence-electron chi connectivity index (χ2n) is 22.8. The molecule has 0 bridgehead atoms. The van der Waals surface area contributed by atoms with E-state index < -0.39 is 24.3 Å². The van der Waals surface area contributed by atoms with Gasteiger partial charge in [-0.2, -0.15) is 19.9 Å². The molecule has 0 spiro atoms. The van der Waals surface area contributed by atoms with Gasteiger partial charge in [0.15, 0.2) is 0 Å². The number of esters is 2. The Morgan fingerprint density at radius 1 is 0.563 bits per heavy atom. The molecule has 8 heterocycles. The number of nitrogens with zero attached hydrogens (tertiary/aromatic N) is 11. The number of alkyl halides is 2. The Kier molecular flexibility index (Phi) is 20.1. The van der Waals surface area contributed by atoms with Gasteiger partial charge in [-0.05, 0) is 88.0 Å². The number of benzene rings is 4. The van der Waals surface area contributed by atoms with Crippen LogP contribution in [0.2, 0.25) is 0 Å². The number of carbonyl (C=O) groups excluding carboxylic acids is 3. The molecule has 6 aromatic rings. The summed E-state index contributed by atoms with van der Waals surface area (Å²) in [6, 6.07) is 25.9. The zero-order valence-corrected chi connectivity index (χ0v) is 50.4. The zero-order valence-electron chi connectivity index (χ0n) is 50.4. The highest BCUT2D eigenvalue weighted by molar-refractivity contribution is 5.97. The van der Waals surface area contributed by atoms with E-state index in [1.807, 2.05) is 34.9 Å². The lowest BCUT2D eigenvalue weighted by Crippen LogP contribution is -2.49. The molecule has 87 heavy (non-hydrogen) atoms. The second kappa shape index (κ2) is 28.4. The summed E-state index contributed by atoms with van der Waals surface area (Å²) in [7, 11) is 7.29. The predicted molar refractivity (Wildman–Crippen MR) is 334 cm³/mol. The van der Waals surface area contributed by atoms with Crippen molar-refractivity contribution in [1.29, 1.82) is 0 Å². The first-order valence-corrected chi connectivity index (χ1v) is 30.0. The summed E-state index contributed by atoms with van der Waals surface area (Å²) in [5.41, 5.74) is 6.56. The van der Waals surface area contributed by atoms with Crippen molar-refractivity contribution < 1.29 is 46.8 Å². The van der Waals surface area contributed by atoms with Gasteiger partial charge in [0.25, 0.3) is 0 Å². The number of ether oxygens (including phenoxy) is 5. The largest absolute Gasteiger partial charge is 0.497 e. The molecule has 6 aliphatic heterocycles. The summed E-state index contributed by atoms with van der Waals surface area (Å²) in [4.78, 5) is 67.4. The molecule has 0 radical (unpaired) electrons. The summed E-state index contributed by atoms with van der Waals surface area (Å²) in [5.74, 6) is 1.99. The number of likely N-dealkylation sites (tertiary alicyclic amines) is 2. The van der Waals surface area contributed by atoms with Crippen LogP contribution in [0.4, 0.5) is 31.8 Å². The number of piperazine rings is 1. The van der Waals surface area contributed by atoms with Crippen molar-refractivity contribution in [1.82, 2.24) is 34.6 Å². The van der Waals surface area contributed by atoms with Crippen LogP contribution in [0.5, 0.6) is 23.5 Å². The summed E-state index contributed by atoms with van der Waals surface area (Å²) >= 11 is 0. The van der Waals surface area contributed by atoms with Crippen molar-refractivity contribution >= 4 is 62.4 Å². The van der Waals surface area contributed by atoms with Crippen LogP contribution in [0.1, 0.15) is 54.6 Å². The molecule has 0 unspecified atom stereocenters. The molecular weight excluding hydrogens is 1110 g/mol. The normalized spacial score (nSPS) is 20.3. The minimum atomic E-state index is -0.838. The molecular formula is C66H79F2N11O8. The highest BCUT2D eigenvalue weighted by atomic mass is 19.1. The number of fused-ring (bicyclic) bond motifs is 4. The first-order chi connectivity index (χ1) is 42.2. The molecule has 4 saturated heterocycles. The quantitative estimate of drug-likeness (QED) is 0.0544. The molecule has 6 aliphatic rings. The number of hydrogen-bond acceptors (Lipinski definition) is 18. The number of hydrogen-bond donors (Lipinski definition) is 0. The van der Waals surface area contributed by atoms with E-state index in [1.54, 1.807) is 14.2 Å². The lowest BCUT2D eigenvalue weighted by molar-refractivity contribution is -0.152. The van der Waals surface area contributed by atoms with E-state index in [0.29, 0.717) is 90.4 Å². The Morgan fingerprint density at radius 3 is 1.43 bits per heavy atom. The number of piperidine rings is 1. The Bertz CT molecular complexity index is 3450. The standard InChI is InChI=1S/C31H37FN6O3.C29H36FN5O2.C6H6O3/c1-4-29(39)36-11-13-37(14-12-36)30-26-9-10-38(28-17-24(40-3)15-21-7-5-6-8-25(21)28)19-27(26)33-31(34-30)41-20-23-16-22(32)18-35(23)2;1-33-17-21(30)15-22(33)19-37-29-31-26-18-35(13-10-25(26)28(32-29)34-11-6-3-7-12-34)27-16-23(36-2)14-20-8-4-5-9-24(20)27;1-3-5(7)9-6(8)4-2/h4-8,15,17,22-23H,1,9-14,16,18-20H2,2-3H3;4-5,8-9,14,16,21-22H,3,6-7,10-13,15,17-19H2,1-2H3;3-4H,1-2H2/t22-,23+;21-,22+;/m11./s1. The maximum atomic E-state index is 14.0. The predicted octanol–water partition coefficient (Wildman–Crippen LogP) is 8.50. The van der Waals surface area contributed by atoms with Crippen molar-refractivity contribution in [2.45, 2.75) is 82.5 Å². The number of halogens is 2. The SMILES string of the molecule is C=CC(=O)N1CCN(c2nc(OC[C@@H]3C[C@@H](F)CN3C)nc3c2CCN(c2cc(OC)cc4ccccc24)C3)CC1.C=CC(=O)OC(=O)C=C.COc1cc(N2CCc3c(nc(OC[C@@H]4C[C@@H](F)CN4C)nc3N3CCCCC3)C2)c2ccccc2c1. The van der Waals surface area contributed by atoms with Crippen LogP contribution in [-0.4, -0.2) is 184 Å². The lowest BCUT2D eigenvalue weighted by atomic mass is 10.0. The summed E-state index contributed by atoms with van der Waals surface area (Å²) in [6.45, 7) is 19.0. The van der Waals surface area contributed by atoms with Crippen molar-refractivity contribution in [2.24, 2.45) is 0 Å². The molecule has 0 aliphatic carbocycles. The average molecular weight is 1190 g/mol. The number of rotatable bonds is 15. The fraction of sp³-hybridized carbons (Fsp3) is 0.439. The van der Waals surface area contributed by atoms with Gasteiger partial charge in [-0.15, -0.1) is 0 Å². The summed E-state index contributed by atoms with van der Waals surface area (Å²) < 4.78 is 55.5. The molecule has 4 aromatic carbocycles. The molecule has 0 saturated carbocycles. The van der Waals surface area contributed by atoms with Crippen molar-refractivity contribution in [3.63, 3.8) is 0 Å². The van der Waals surface area contributed by atoms with Gasteiger partial charge in [0, 0.05) is 135 Å². The maximum Gasteiger partial charge on any atom is 0.338 e. The minimum absolute atomic E-state index is 0.0128. The minimum Gasteiger partial charge on any atom is -0.497 e. The van der Waals surface area contributed by atoms with Gasteiger partial charge in [-0.3, -0.25) is 14.6 Å². The Labute approximate surface area is 507 Å². The van der Waals surface area contributed by atoms with E-state index in [-0.39, 0.29) is 18.0 Å². The fourth-order valence-electron chi connectivity index (χ4n) is 12.4. The zero-order chi connectivity index (χ0) is 61.1. The van der Waals surface area contributed by atoms with Crippen LogP contribution in [-0.2, 0) is 45.1 Å². The van der Waals surface area contributed by atoms with Crippen LogP contribution >= 0.6 is 0 Å². The first kappa shape index (κ1) is 61.7. The summed E-state index contributed by atoms with van der Waals surface area (Å²) in [5, 5.41) is 4.66. The molecule has 460 valence electrons. The van der Waals surface area contributed by atoms with E-state index in [4.69, 9.17) is 38.9 Å². The molecule has 12 rings (SSSR count). The number of amides is 1. The molecule has 21 heteroatoms. The molecule has 0 N–H and O–H groups in total. The average Bonchev–Trinajstić information content (AvgIpc) is 4.19. The fourth-order valence-corrected chi connectivity index (χ4v) is 12.4. The maximum absolute atomic E-state index is 14.0. The van der Waals surface area contributed by atoms with Gasteiger partial charge < -0.3 is 48.2 Å². The third-order valence-corrected chi connectivity index (χ3v) is 17.2. The Morgan fingerprint density at radius 2 is 1.01 bits per heavy atom. The van der Waals surface area contributed by atoms with Gasteiger partial charge in [-0.25, -0.2) is 18.4 Å². The molecule has 4 fully saturated rings. The number of carbonyl (C=O) groups is 3. The number of anilines is 4. The Balaban J connectivity index is 0.000000170. The van der Waals surface area contributed by atoms with Gasteiger partial charge in [0.2, 0.25) is 5.91 Å². The molecule has 4 atom stereocenters. The number of methoxy groups -OCH3 is 2. The van der Waals surface area contributed by atoms with E-state index in [9.17, 15) is 23.2 Å². The Hall–Kier alpha value is -8.43. The topological polar surface area (TPSA) is 172 Å². The van der Waals surface area contributed by atoms with Crippen LogP contribution in [0.15, 0.2) is 111 Å². The van der Waals surface area contributed by atoms with Crippen LogP contribution in [0.3, 0.4) is 0 Å². The third kappa shape index (κ3) is 14.7. The van der Waals surface area contributed by atoms with Crippen molar-refractivity contribution in [2.75, 3.05) is 127 Å². The molecule has 19 nitrogen and oxygen atoms in total. The van der Waals surface area contributed by atoms with Gasteiger partial charge in [0.1, 0.15) is 48.7 Å². The van der Waals surface area contributed by atoms with Gasteiger partial charge in [0.05, 0.1) is 38.7 Å². The van der Waals surface area contributed by atoms with E-state index >= 15 is 0 Å². The smallest absolute Gasteiger partial charge is 0.338 e. The van der Waals surface area contributed by atoms with Gasteiger partial charge in [-0.1, -0.05) is 68.3 Å². The van der Waals surface area contributed by atoms with E-state index in [1.165, 1.54) is 36.3 Å². The van der Waals surface area contributed by atoms with Crippen LogP contribution in [0.25, 0.3) is 21.5 Å². The van der Waals surface area contributed by atoms with E-state index in [0.717, 1.165) is 119 Å². The van der Waals surface area contributed by atoms with E-state index in [2.05, 4.69) is 111 Å². The lowest BCUT2D eigenvalue weighted by Gasteiger charge is -2.38. The third-order valence-electron chi connectivity index (χ3n) is 17.2. The monoisotopic (exact) mass is 1190 g/mol. The summed E-state index contributed by atoms with van der Waals surface area (Å²) in [6.07, 6.45) is 7.77. The highest BCUT2D eigenvalue weighted by Gasteiger charge is 2.34. The number of likely N-dealkylation sites (N-methyl/N-ethyl adjacent to an activating group) is 2. The molecule has 2 aromatic heterocycles. The van der Waals surface area contributed by atoms with Crippen molar-refractivity contribution in [3.05, 3.63) is 133 Å². The first-order valence-electron chi connectivity index (χ1n) is 30.0. The van der Waals surface area contributed by atoms with Crippen LogP contribution in [0, 0.1) is 0 Å². The van der Waals surface area contributed by atoms with Gasteiger partial charge >= 0.3 is 24.0 Å². The number of aromatic nitrogens is 4.